The fourth-order valence-electron chi connectivity index (χ4n) is 1.33. The van der Waals surface area contributed by atoms with Gasteiger partial charge in [0.2, 0.25) is 11.7 Å². The third-order valence-electron chi connectivity index (χ3n) is 2.09. The third kappa shape index (κ3) is 2.82. The van der Waals surface area contributed by atoms with E-state index in [1.165, 1.54) is 0 Å². The van der Waals surface area contributed by atoms with Crippen molar-refractivity contribution in [3.05, 3.63) is 42.0 Å². The minimum atomic E-state index is 0.344. The Morgan fingerprint density at radius 2 is 2.06 bits per heavy atom. The van der Waals surface area contributed by atoms with Gasteiger partial charge in [0.1, 0.15) is 5.75 Å². The van der Waals surface area contributed by atoms with Crippen LogP contribution in [0, 0.1) is 0 Å². The highest BCUT2D eigenvalue weighted by Gasteiger charge is 2.05. The molecule has 0 amide bonds. The summed E-state index contributed by atoms with van der Waals surface area (Å²) in [6.07, 6.45) is 1.82. The Kier molecular flexibility index (Phi) is 3.53. The zero-order valence-electron chi connectivity index (χ0n) is 9.22. The van der Waals surface area contributed by atoms with Gasteiger partial charge < -0.3 is 9.26 Å². The second kappa shape index (κ2) is 5.30. The monoisotopic (exact) mass is 218 g/mol. The highest BCUT2D eigenvalue weighted by atomic mass is 16.5. The lowest BCUT2D eigenvalue weighted by molar-refractivity contribution is 0.285. The largest absolute Gasteiger partial charge is 0.485 e. The molecular weight excluding hydrogens is 204 g/mol. The van der Waals surface area contributed by atoms with Gasteiger partial charge in [-0.15, -0.1) is 0 Å². The van der Waals surface area contributed by atoms with E-state index in [0.717, 1.165) is 18.6 Å². The van der Waals surface area contributed by atoms with Gasteiger partial charge >= 0.3 is 0 Å². The van der Waals surface area contributed by atoms with Crippen LogP contribution in [0.1, 0.15) is 25.1 Å². The zero-order valence-corrected chi connectivity index (χ0v) is 9.22. The van der Waals surface area contributed by atoms with Crippen molar-refractivity contribution in [2.75, 3.05) is 0 Å². The molecule has 0 radical (unpaired) electrons. The summed E-state index contributed by atoms with van der Waals surface area (Å²) in [5.41, 5.74) is 0. The van der Waals surface area contributed by atoms with Crippen LogP contribution in [0.5, 0.6) is 5.75 Å². The predicted molar refractivity (Wildman–Crippen MR) is 59.1 cm³/mol. The molecule has 0 aliphatic heterocycles. The number of ether oxygens (including phenoxy) is 1. The number of aromatic nitrogens is 2. The maximum Gasteiger partial charge on any atom is 0.226 e. The Bertz CT molecular complexity index is 426. The first kappa shape index (κ1) is 10.7. The second-order valence-corrected chi connectivity index (χ2v) is 3.46. The van der Waals surface area contributed by atoms with Crippen molar-refractivity contribution in [2.24, 2.45) is 0 Å². The summed E-state index contributed by atoms with van der Waals surface area (Å²) < 4.78 is 10.6. The molecule has 0 spiro atoms. The second-order valence-electron chi connectivity index (χ2n) is 3.46. The van der Waals surface area contributed by atoms with Gasteiger partial charge in [0, 0.05) is 6.42 Å². The first-order chi connectivity index (χ1) is 7.88. The van der Waals surface area contributed by atoms with E-state index < -0.39 is 0 Å². The molecule has 0 saturated carbocycles. The molecule has 0 N–H and O–H groups in total. The van der Waals surface area contributed by atoms with E-state index in [1.807, 2.05) is 30.3 Å². The van der Waals surface area contributed by atoms with Crippen LogP contribution in [0.4, 0.5) is 0 Å². The van der Waals surface area contributed by atoms with Crippen LogP contribution in [0.2, 0.25) is 0 Å². The van der Waals surface area contributed by atoms with Crippen molar-refractivity contribution >= 4 is 0 Å². The van der Waals surface area contributed by atoms with Gasteiger partial charge in [0.25, 0.3) is 0 Å². The lowest BCUT2D eigenvalue weighted by Gasteiger charge is -2.01. The molecule has 0 aliphatic rings. The number of hydrogen-bond acceptors (Lipinski definition) is 4. The van der Waals surface area contributed by atoms with Crippen LogP contribution >= 0.6 is 0 Å². The smallest absolute Gasteiger partial charge is 0.226 e. The summed E-state index contributed by atoms with van der Waals surface area (Å²) in [4.78, 5) is 4.21. The van der Waals surface area contributed by atoms with Crippen LogP contribution in [0.3, 0.4) is 0 Å². The van der Waals surface area contributed by atoms with Crippen LogP contribution in [0.25, 0.3) is 0 Å². The van der Waals surface area contributed by atoms with E-state index in [0.29, 0.717) is 18.3 Å². The summed E-state index contributed by atoms with van der Waals surface area (Å²) in [5, 5.41) is 3.84. The molecule has 1 aromatic carbocycles. The molecule has 2 aromatic rings. The lowest BCUT2D eigenvalue weighted by Crippen LogP contribution is -1.97. The van der Waals surface area contributed by atoms with E-state index >= 15 is 0 Å². The van der Waals surface area contributed by atoms with Gasteiger partial charge in [-0.1, -0.05) is 30.3 Å². The Balaban J connectivity index is 1.89. The summed E-state index contributed by atoms with van der Waals surface area (Å²) in [5.74, 6) is 2.07. The molecule has 1 heterocycles. The van der Waals surface area contributed by atoms with Crippen molar-refractivity contribution in [1.82, 2.24) is 10.1 Å². The Hall–Kier alpha value is -1.84. The Labute approximate surface area is 94.2 Å². The fraction of sp³-hybridized carbons (Fsp3) is 0.333. The van der Waals surface area contributed by atoms with Crippen molar-refractivity contribution in [3.8, 4) is 5.75 Å². The number of nitrogens with zero attached hydrogens (tertiary/aromatic N) is 2. The van der Waals surface area contributed by atoms with Crippen LogP contribution in [-0.2, 0) is 13.0 Å². The molecule has 16 heavy (non-hydrogen) atoms. The number of para-hydroxylation sites is 1. The molecular formula is C12H14N2O2. The minimum absolute atomic E-state index is 0.344. The Morgan fingerprint density at radius 3 is 2.81 bits per heavy atom. The van der Waals surface area contributed by atoms with Gasteiger partial charge in [0.15, 0.2) is 6.61 Å². The molecule has 4 heteroatoms. The molecule has 0 atom stereocenters. The SMILES string of the molecule is CCCc1nc(COc2ccccc2)no1. The van der Waals surface area contributed by atoms with Crippen molar-refractivity contribution in [1.29, 1.82) is 0 Å². The predicted octanol–water partition coefficient (Wildman–Crippen LogP) is 2.60. The van der Waals surface area contributed by atoms with Gasteiger partial charge in [0.05, 0.1) is 0 Å². The molecule has 0 unspecified atom stereocenters. The normalized spacial score (nSPS) is 10.3. The van der Waals surface area contributed by atoms with E-state index in [2.05, 4.69) is 17.1 Å². The molecule has 0 aliphatic carbocycles. The Morgan fingerprint density at radius 1 is 1.25 bits per heavy atom. The zero-order chi connectivity index (χ0) is 11.2. The number of rotatable bonds is 5. The van der Waals surface area contributed by atoms with Crippen LogP contribution < -0.4 is 4.74 Å². The van der Waals surface area contributed by atoms with E-state index in [-0.39, 0.29) is 0 Å². The highest BCUT2D eigenvalue weighted by Crippen LogP contribution is 2.10. The molecule has 2 rings (SSSR count). The summed E-state index contributed by atoms with van der Waals surface area (Å²) in [6, 6.07) is 9.59. The number of aryl methyl sites for hydroxylation is 1. The van der Waals surface area contributed by atoms with Gasteiger partial charge in [-0.05, 0) is 18.6 Å². The quantitative estimate of drug-likeness (QED) is 0.774. The number of benzene rings is 1. The molecule has 4 nitrogen and oxygen atoms in total. The van der Waals surface area contributed by atoms with Crippen LogP contribution in [0.15, 0.2) is 34.9 Å². The maximum absolute atomic E-state index is 5.50. The van der Waals surface area contributed by atoms with Crippen molar-refractivity contribution in [2.45, 2.75) is 26.4 Å². The average molecular weight is 218 g/mol. The van der Waals surface area contributed by atoms with Gasteiger partial charge in [-0.2, -0.15) is 4.98 Å². The molecule has 0 bridgehead atoms. The third-order valence-corrected chi connectivity index (χ3v) is 2.09. The minimum Gasteiger partial charge on any atom is -0.485 e. The standard InChI is InChI=1S/C12H14N2O2/c1-2-6-12-13-11(14-16-12)9-15-10-7-4-3-5-8-10/h3-5,7-8H,2,6,9H2,1H3. The molecule has 0 fully saturated rings. The van der Waals surface area contributed by atoms with E-state index in [4.69, 9.17) is 9.26 Å². The summed E-state index contributed by atoms with van der Waals surface area (Å²) in [7, 11) is 0. The highest BCUT2D eigenvalue weighted by molar-refractivity contribution is 5.20. The summed E-state index contributed by atoms with van der Waals surface area (Å²) >= 11 is 0. The number of hydrogen-bond donors (Lipinski definition) is 0. The topological polar surface area (TPSA) is 48.2 Å². The van der Waals surface area contributed by atoms with Crippen LogP contribution in [-0.4, -0.2) is 10.1 Å². The van der Waals surface area contributed by atoms with Gasteiger partial charge in [-0.25, -0.2) is 0 Å². The van der Waals surface area contributed by atoms with Crippen molar-refractivity contribution in [3.63, 3.8) is 0 Å². The lowest BCUT2D eigenvalue weighted by atomic mass is 10.3. The summed E-state index contributed by atoms with van der Waals surface area (Å²) in [6.45, 7) is 2.42. The van der Waals surface area contributed by atoms with Gasteiger partial charge in [-0.3, -0.25) is 0 Å². The average Bonchev–Trinajstić information content (AvgIpc) is 2.76. The molecule has 1 aromatic heterocycles. The van der Waals surface area contributed by atoms with E-state index in [9.17, 15) is 0 Å². The molecule has 0 saturated heterocycles. The van der Waals surface area contributed by atoms with Crippen molar-refractivity contribution < 1.29 is 9.26 Å². The first-order valence-electron chi connectivity index (χ1n) is 5.38. The molecule has 84 valence electrons. The van der Waals surface area contributed by atoms with E-state index in [1.54, 1.807) is 0 Å². The first-order valence-corrected chi connectivity index (χ1v) is 5.38. The maximum atomic E-state index is 5.50. The fourth-order valence-corrected chi connectivity index (χ4v) is 1.33.